The SMILES string of the molecule is Cc1cc(OCC(=O)N(Cc2ccc(Br)cc2)C(C)C(=O)NC(C)C)cc(C)c1Cl. The van der Waals surface area contributed by atoms with Gasteiger partial charge in [-0.1, -0.05) is 39.7 Å². The lowest BCUT2D eigenvalue weighted by Gasteiger charge is -2.29. The molecule has 0 aromatic heterocycles. The van der Waals surface area contributed by atoms with Crippen molar-refractivity contribution in [2.24, 2.45) is 0 Å². The molecule has 0 bridgehead atoms. The van der Waals surface area contributed by atoms with Crippen molar-refractivity contribution in [2.75, 3.05) is 6.61 Å². The number of carbonyl (C=O) groups is 2. The van der Waals surface area contributed by atoms with Crippen LogP contribution in [0.5, 0.6) is 5.75 Å². The van der Waals surface area contributed by atoms with Crippen LogP contribution in [0.1, 0.15) is 37.5 Å². The third kappa shape index (κ3) is 6.74. The summed E-state index contributed by atoms with van der Waals surface area (Å²) in [7, 11) is 0. The van der Waals surface area contributed by atoms with Crippen LogP contribution < -0.4 is 10.1 Å². The molecule has 1 unspecified atom stereocenters. The van der Waals surface area contributed by atoms with E-state index in [1.54, 1.807) is 19.1 Å². The van der Waals surface area contributed by atoms with Crippen LogP contribution in [0.15, 0.2) is 40.9 Å². The Bertz CT molecular complexity index is 877. The number of hydrogen-bond acceptors (Lipinski definition) is 3. The molecule has 30 heavy (non-hydrogen) atoms. The number of rotatable bonds is 8. The second-order valence-corrected chi connectivity index (χ2v) is 8.94. The highest BCUT2D eigenvalue weighted by Gasteiger charge is 2.27. The Morgan fingerprint density at radius 1 is 1.10 bits per heavy atom. The van der Waals surface area contributed by atoms with Crippen molar-refractivity contribution in [3.8, 4) is 5.75 Å². The minimum atomic E-state index is -0.638. The summed E-state index contributed by atoms with van der Waals surface area (Å²) in [6, 6.07) is 10.6. The summed E-state index contributed by atoms with van der Waals surface area (Å²) in [5, 5.41) is 3.56. The number of hydrogen-bond donors (Lipinski definition) is 1. The van der Waals surface area contributed by atoms with Crippen LogP contribution in [-0.4, -0.2) is 35.4 Å². The van der Waals surface area contributed by atoms with E-state index in [9.17, 15) is 9.59 Å². The Balaban J connectivity index is 2.18. The number of nitrogens with one attached hydrogen (secondary N) is 1. The fourth-order valence-corrected chi connectivity index (χ4v) is 3.37. The summed E-state index contributed by atoms with van der Waals surface area (Å²) in [5.41, 5.74) is 2.69. The van der Waals surface area contributed by atoms with Gasteiger partial charge in [-0.15, -0.1) is 0 Å². The zero-order chi connectivity index (χ0) is 22.4. The molecule has 5 nitrogen and oxygen atoms in total. The monoisotopic (exact) mass is 494 g/mol. The number of nitrogens with zero attached hydrogens (tertiary/aromatic N) is 1. The number of aryl methyl sites for hydroxylation is 2. The second kappa shape index (κ2) is 10.8. The maximum atomic E-state index is 13.0. The Hall–Kier alpha value is -2.05. The van der Waals surface area contributed by atoms with Crippen molar-refractivity contribution < 1.29 is 14.3 Å². The minimum absolute atomic E-state index is 0.0131. The third-order valence-electron chi connectivity index (χ3n) is 4.64. The maximum Gasteiger partial charge on any atom is 0.261 e. The molecule has 2 amide bonds. The first-order valence-electron chi connectivity index (χ1n) is 9.82. The largest absolute Gasteiger partial charge is 0.484 e. The Morgan fingerprint density at radius 2 is 1.67 bits per heavy atom. The second-order valence-electron chi connectivity index (χ2n) is 7.65. The molecule has 2 rings (SSSR count). The van der Waals surface area contributed by atoms with Gasteiger partial charge in [0.2, 0.25) is 5.91 Å². The van der Waals surface area contributed by atoms with Gasteiger partial charge in [-0.25, -0.2) is 0 Å². The van der Waals surface area contributed by atoms with Crippen LogP contribution in [0.2, 0.25) is 5.02 Å². The Labute approximate surface area is 191 Å². The molecule has 162 valence electrons. The first-order valence-corrected chi connectivity index (χ1v) is 11.0. The number of benzene rings is 2. The van der Waals surface area contributed by atoms with Gasteiger partial charge in [0, 0.05) is 22.1 Å². The maximum absolute atomic E-state index is 13.0. The quantitative estimate of drug-likeness (QED) is 0.558. The predicted octanol–water partition coefficient (Wildman–Crippen LogP) is 5.04. The molecule has 0 aliphatic rings. The van der Waals surface area contributed by atoms with E-state index in [4.69, 9.17) is 16.3 Å². The molecule has 2 aromatic rings. The van der Waals surface area contributed by atoms with E-state index in [0.717, 1.165) is 21.2 Å². The zero-order valence-corrected chi connectivity index (χ0v) is 20.3. The highest BCUT2D eigenvalue weighted by molar-refractivity contribution is 9.10. The van der Waals surface area contributed by atoms with Crippen LogP contribution in [-0.2, 0) is 16.1 Å². The lowest BCUT2D eigenvalue weighted by molar-refractivity contribution is -0.142. The first kappa shape index (κ1) is 24.2. The molecule has 0 radical (unpaired) electrons. The van der Waals surface area contributed by atoms with E-state index in [1.807, 2.05) is 52.0 Å². The van der Waals surface area contributed by atoms with E-state index in [0.29, 0.717) is 17.3 Å². The highest BCUT2D eigenvalue weighted by atomic mass is 79.9. The molecule has 0 heterocycles. The summed E-state index contributed by atoms with van der Waals surface area (Å²) >= 11 is 9.62. The Kier molecular flexibility index (Phi) is 8.74. The van der Waals surface area contributed by atoms with Gasteiger partial charge in [0.05, 0.1) is 0 Å². The van der Waals surface area contributed by atoms with Gasteiger partial charge in [-0.2, -0.15) is 0 Å². The number of carbonyl (C=O) groups excluding carboxylic acids is 2. The van der Waals surface area contributed by atoms with Crippen LogP contribution in [0.25, 0.3) is 0 Å². The van der Waals surface area contributed by atoms with Crippen LogP contribution in [0.3, 0.4) is 0 Å². The average Bonchev–Trinajstić information content (AvgIpc) is 2.68. The number of amides is 2. The molecule has 2 aromatic carbocycles. The molecule has 1 atom stereocenters. The van der Waals surface area contributed by atoms with E-state index in [2.05, 4.69) is 21.2 Å². The normalized spacial score (nSPS) is 11.9. The molecule has 1 N–H and O–H groups in total. The van der Waals surface area contributed by atoms with E-state index in [1.165, 1.54) is 4.90 Å². The molecular formula is C23H28BrClN2O3. The standard InChI is InChI=1S/C23H28BrClN2O3/c1-14(2)26-23(29)17(5)27(12-18-6-8-19(24)9-7-18)21(28)13-30-20-10-15(3)22(25)16(4)11-20/h6-11,14,17H,12-13H2,1-5H3,(H,26,29). The molecule has 0 fully saturated rings. The van der Waals surface area contributed by atoms with Crippen LogP contribution >= 0.6 is 27.5 Å². The van der Waals surface area contributed by atoms with Crippen molar-refractivity contribution in [2.45, 2.75) is 53.2 Å². The molecule has 7 heteroatoms. The molecule has 0 saturated carbocycles. The smallest absolute Gasteiger partial charge is 0.261 e. The topological polar surface area (TPSA) is 58.6 Å². The summed E-state index contributed by atoms with van der Waals surface area (Å²) < 4.78 is 6.69. The minimum Gasteiger partial charge on any atom is -0.484 e. The summed E-state index contributed by atoms with van der Waals surface area (Å²) in [5.74, 6) is 0.105. The van der Waals surface area contributed by atoms with Gasteiger partial charge in [0.1, 0.15) is 11.8 Å². The number of ether oxygens (including phenoxy) is 1. The molecule has 0 saturated heterocycles. The van der Waals surface area contributed by atoms with E-state index >= 15 is 0 Å². The van der Waals surface area contributed by atoms with Gasteiger partial charge >= 0.3 is 0 Å². The average molecular weight is 496 g/mol. The van der Waals surface area contributed by atoms with Gasteiger partial charge in [0.25, 0.3) is 5.91 Å². The highest BCUT2D eigenvalue weighted by Crippen LogP contribution is 2.26. The lowest BCUT2D eigenvalue weighted by atomic mass is 10.1. The lowest BCUT2D eigenvalue weighted by Crippen LogP contribution is -2.50. The predicted molar refractivity (Wildman–Crippen MR) is 124 cm³/mol. The van der Waals surface area contributed by atoms with Crippen LogP contribution in [0, 0.1) is 13.8 Å². The van der Waals surface area contributed by atoms with Gasteiger partial charge < -0.3 is 15.0 Å². The fraction of sp³-hybridized carbons (Fsp3) is 0.391. The van der Waals surface area contributed by atoms with Crippen molar-refractivity contribution in [1.82, 2.24) is 10.2 Å². The van der Waals surface area contributed by atoms with Crippen molar-refractivity contribution in [3.63, 3.8) is 0 Å². The fourth-order valence-electron chi connectivity index (χ4n) is 2.99. The van der Waals surface area contributed by atoms with Gasteiger partial charge in [0.15, 0.2) is 6.61 Å². The summed E-state index contributed by atoms with van der Waals surface area (Å²) in [4.78, 5) is 27.2. The Morgan fingerprint density at radius 3 is 2.20 bits per heavy atom. The zero-order valence-electron chi connectivity index (χ0n) is 18.0. The van der Waals surface area contributed by atoms with Crippen molar-refractivity contribution in [3.05, 3.63) is 62.6 Å². The first-order chi connectivity index (χ1) is 14.1. The molecule has 0 aliphatic carbocycles. The van der Waals surface area contributed by atoms with Gasteiger partial charge in [-0.3, -0.25) is 9.59 Å². The van der Waals surface area contributed by atoms with Crippen molar-refractivity contribution >= 4 is 39.3 Å². The van der Waals surface area contributed by atoms with Crippen molar-refractivity contribution in [1.29, 1.82) is 0 Å². The summed E-state index contributed by atoms with van der Waals surface area (Å²) in [6.07, 6.45) is 0. The van der Waals surface area contributed by atoms with Crippen LogP contribution in [0.4, 0.5) is 0 Å². The van der Waals surface area contributed by atoms with Gasteiger partial charge in [-0.05, 0) is 75.6 Å². The number of halogens is 2. The molecule has 0 spiro atoms. The summed E-state index contributed by atoms with van der Waals surface area (Å²) in [6.45, 7) is 9.42. The molecular weight excluding hydrogens is 468 g/mol. The molecule has 0 aliphatic heterocycles. The van der Waals surface area contributed by atoms with E-state index in [-0.39, 0.29) is 24.5 Å². The van der Waals surface area contributed by atoms with E-state index < -0.39 is 6.04 Å². The third-order valence-corrected chi connectivity index (χ3v) is 5.76.